The highest BCUT2D eigenvalue weighted by Crippen LogP contribution is 2.22. The van der Waals surface area contributed by atoms with Gasteiger partial charge in [-0.25, -0.2) is 0 Å². The van der Waals surface area contributed by atoms with E-state index in [2.05, 4.69) is 6.42 Å². The lowest BCUT2D eigenvalue weighted by atomic mass is 9.85. The van der Waals surface area contributed by atoms with Crippen LogP contribution in [0.3, 0.4) is 0 Å². The maximum Gasteiger partial charge on any atom is 0.333 e. The van der Waals surface area contributed by atoms with Crippen molar-refractivity contribution in [1.29, 1.82) is 0 Å². The second-order valence-electron chi connectivity index (χ2n) is 2.20. The minimum Gasteiger partial charge on any atom is -0.480 e. The van der Waals surface area contributed by atoms with E-state index in [0.717, 1.165) is 0 Å². The van der Waals surface area contributed by atoms with E-state index in [-0.39, 0.29) is 0 Å². The molecule has 0 unspecified atom stereocenters. The highest BCUT2D eigenvalue weighted by atomic mass is 16.4. The summed E-state index contributed by atoms with van der Waals surface area (Å²) in [6.07, 6.45) is 3.79. The van der Waals surface area contributed by atoms with Crippen LogP contribution in [0.2, 0.25) is 0 Å². The smallest absolute Gasteiger partial charge is 0.333 e. The van der Waals surface area contributed by atoms with Crippen molar-refractivity contribution in [3.63, 3.8) is 0 Å². The van der Waals surface area contributed by atoms with Gasteiger partial charge in [-0.1, -0.05) is 0 Å². The van der Waals surface area contributed by atoms with Crippen molar-refractivity contribution in [2.75, 3.05) is 0 Å². The molecule has 0 spiro atoms. The lowest BCUT2D eigenvalue weighted by molar-refractivity contribution is -0.175. The number of carboxylic acids is 3. The van der Waals surface area contributed by atoms with Crippen molar-refractivity contribution in [2.45, 2.75) is 6.42 Å². The first-order chi connectivity index (χ1) is 5.89. The predicted octanol–water partition coefficient (Wildman–Crippen LogP) is -0.750. The summed E-state index contributed by atoms with van der Waals surface area (Å²) in [5, 5.41) is 25.3. The fourth-order valence-electron chi connectivity index (χ4n) is 0.654. The molecule has 3 N–H and O–H groups in total. The zero-order valence-electron chi connectivity index (χ0n) is 6.35. The standard InChI is InChI=1S/C7H6O6/c1-2-3-7(4(8)9,5(10)11)6(12)13/h1H,3H2,(H,8,9)(H,10,11)(H,12,13). The van der Waals surface area contributed by atoms with Gasteiger partial charge in [0.05, 0.1) is 0 Å². The fourth-order valence-corrected chi connectivity index (χ4v) is 0.654. The Bertz CT molecular complexity index is 261. The zero-order chi connectivity index (χ0) is 10.6. The molecule has 0 aliphatic heterocycles. The maximum absolute atomic E-state index is 10.4. The number of aliphatic carboxylic acids is 3. The van der Waals surface area contributed by atoms with Gasteiger partial charge in [0.1, 0.15) is 0 Å². The van der Waals surface area contributed by atoms with Gasteiger partial charge >= 0.3 is 17.9 Å². The minimum absolute atomic E-state index is 0.896. The van der Waals surface area contributed by atoms with Gasteiger partial charge in [0, 0.05) is 6.42 Å². The molecule has 6 heteroatoms. The number of carbonyl (C=O) groups is 3. The topological polar surface area (TPSA) is 112 Å². The van der Waals surface area contributed by atoms with Crippen molar-refractivity contribution < 1.29 is 29.7 Å². The van der Waals surface area contributed by atoms with E-state index in [9.17, 15) is 14.4 Å². The van der Waals surface area contributed by atoms with E-state index < -0.39 is 29.7 Å². The first-order valence-electron chi connectivity index (χ1n) is 3.03. The summed E-state index contributed by atoms with van der Waals surface area (Å²) in [5.74, 6) is -4.23. The van der Waals surface area contributed by atoms with E-state index in [0.29, 0.717) is 0 Å². The first kappa shape index (κ1) is 11.0. The Labute approximate surface area is 72.8 Å². The second-order valence-corrected chi connectivity index (χ2v) is 2.20. The summed E-state index contributed by atoms with van der Waals surface area (Å²) in [6.45, 7) is 0. The van der Waals surface area contributed by atoms with Crippen molar-refractivity contribution in [1.82, 2.24) is 0 Å². The molecule has 70 valence electrons. The average molecular weight is 186 g/mol. The maximum atomic E-state index is 10.4. The molecule has 0 saturated heterocycles. The molecule has 6 nitrogen and oxygen atoms in total. The van der Waals surface area contributed by atoms with Crippen LogP contribution >= 0.6 is 0 Å². The molecule has 0 bridgehead atoms. The molecular formula is C7H6O6. The van der Waals surface area contributed by atoms with Crippen molar-refractivity contribution in [2.24, 2.45) is 5.41 Å². The van der Waals surface area contributed by atoms with Crippen LogP contribution in [0.4, 0.5) is 0 Å². The van der Waals surface area contributed by atoms with Gasteiger partial charge in [0.15, 0.2) is 0 Å². The van der Waals surface area contributed by atoms with Crippen molar-refractivity contribution in [3.05, 3.63) is 0 Å². The third-order valence-electron chi connectivity index (χ3n) is 1.46. The normalized spacial score (nSPS) is 10.1. The van der Waals surface area contributed by atoms with Gasteiger partial charge in [-0.15, -0.1) is 12.3 Å². The highest BCUT2D eigenvalue weighted by molar-refractivity contribution is 6.16. The van der Waals surface area contributed by atoms with E-state index in [1.54, 1.807) is 5.92 Å². The third-order valence-corrected chi connectivity index (χ3v) is 1.46. The Kier molecular flexibility index (Phi) is 3.02. The minimum atomic E-state index is -2.94. The van der Waals surface area contributed by atoms with Crippen LogP contribution in [-0.2, 0) is 14.4 Å². The average Bonchev–Trinajstić information content (AvgIpc) is 1.97. The number of carboxylic acid groups (broad SMARTS) is 3. The summed E-state index contributed by atoms with van der Waals surface area (Å²) in [6, 6.07) is 0. The van der Waals surface area contributed by atoms with E-state index in [1.165, 1.54) is 0 Å². The molecular weight excluding hydrogens is 180 g/mol. The summed E-state index contributed by atoms with van der Waals surface area (Å²) in [5.41, 5.74) is -2.94. The zero-order valence-corrected chi connectivity index (χ0v) is 6.35. The van der Waals surface area contributed by atoms with Gasteiger partial charge in [0.25, 0.3) is 5.41 Å². The van der Waals surface area contributed by atoms with Crippen molar-refractivity contribution in [3.8, 4) is 12.3 Å². The largest absolute Gasteiger partial charge is 0.480 e. The van der Waals surface area contributed by atoms with Gasteiger partial charge in [0.2, 0.25) is 0 Å². The summed E-state index contributed by atoms with van der Waals surface area (Å²) >= 11 is 0. The molecule has 0 fully saturated rings. The monoisotopic (exact) mass is 186 g/mol. The summed E-state index contributed by atoms with van der Waals surface area (Å²) in [4.78, 5) is 31.3. The molecule has 0 radical (unpaired) electrons. The van der Waals surface area contributed by atoms with Crippen LogP contribution in [0.15, 0.2) is 0 Å². The first-order valence-corrected chi connectivity index (χ1v) is 3.03. The Morgan fingerprint density at radius 2 is 1.38 bits per heavy atom. The number of hydrogen-bond donors (Lipinski definition) is 3. The van der Waals surface area contributed by atoms with Gasteiger partial charge in [-0.05, 0) is 0 Å². The van der Waals surface area contributed by atoms with Crippen molar-refractivity contribution >= 4 is 17.9 Å². The SMILES string of the molecule is C#CCC(C(=O)O)(C(=O)O)C(=O)O. The predicted molar refractivity (Wildman–Crippen MR) is 38.8 cm³/mol. The number of terminal acetylenes is 1. The third kappa shape index (κ3) is 1.59. The molecule has 13 heavy (non-hydrogen) atoms. The van der Waals surface area contributed by atoms with E-state index >= 15 is 0 Å². The molecule has 0 aliphatic rings. The molecule has 0 rings (SSSR count). The fraction of sp³-hybridized carbons (Fsp3) is 0.286. The summed E-state index contributed by atoms with van der Waals surface area (Å²) in [7, 11) is 0. The summed E-state index contributed by atoms with van der Waals surface area (Å²) < 4.78 is 0. The molecule has 0 aromatic heterocycles. The Balaban J connectivity index is 5.34. The molecule has 0 saturated carbocycles. The molecule has 0 aromatic rings. The van der Waals surface area contributed by atoms with E-state index in [4.69, 9.17) is 15.3 Å². The number of rotatable bonds is 4. The van der Waals surface area contributed by atoms with E-state index in [1.807, 2.05) is 0 Å². The second kappa shape index (κ2) is 3.58. The Hall–Kier alpha value is -2.03. The number of hydrogen-bond acceptors (Lipinski definition) is 3. The lowest BCUT2D eigenvalue weighted by Gasteiger charge is -2.16. The van der Waals surface area contributed by atoms with Crippen LogP contribution in [0.1, 0.15) is 6.42 Å². The lowest BCUT2D eigenvalue weighted by Crippen LogP contribution is -2.46. The molecule has 0 heterocycles. The van der Waals surface area contributed by atoms with Crippen LogP contribution < -0.4 is 0 Å². The Morgan fingerprint density at radius 3 is 1.46 bits per heavy atom. The van der Waals surface area contributed by atoms with Crippen LogP contribution in [-0.4, -0.2) is 33.2 Å². The molecule has 0 amide bonds. The van der Waals surface area contributed by atoms with Crippen LogP contribution in [0, 0.1) is 17.8 Å². The molecule has 0 aromatic carbocycles. The quantitative estimate of drug-likeness (QED) is 0.393. The van der Waals surface area contributed by atoms with Crippen LogP contribution in [0.25, 0.3) is 0 Å². The Morgan fingerprint density at radius 1 is 1.08 bits per heavy atom. The highest BCUT2D eigenvalue weighted by Gasteiger charge is 2.54. The van der Waals surface area contributed by atoms with Gasteiger partial charge in [-0.2, -0.15) is 0 Å². The van der Waals surface area contributed by atoms with Crippen LogP contribution in [0.5, 0.6) is 0 Å². The van der Waals surface area contributed by atoms with Gasteiger partial charge in [-0.3, -0.25) is 14.4 Å². The molecule has 0 aliphatic carbocycles. The van der Waals surface area contributed by atoms with Gasteiger partial charge < -0.3 is 15.3 Å². The molecule has 0 atom stereocenters.